The molecule has 2 fully saturated rings. The molecule has 1 aromatic heterocycles. The van der Waals surface area contributed by atoms with E-state index in [9.17, 15) is 22.6 Å². The van der Waals surface area contributed by atoms with Crippen LogP contribution in [-0.2, 0) is 26.4 Å². The Morgan fingerprint density at radius 1 is 1.45 bits per heavy atom. The van der Waals surface area contributed by atoms with Gasteiger partial charge in [-0.05, 0) is 11.6 Å². The van der Waals surface area contributed by atoms with Crippen molar-refractivity contribution in [2.24, 2.45) is 0 Å². The van der Waals surface area contributed by atoms with Gasteiger partial charge in [-0.15, -0.1) is 5.10 Å². The summed E-state index contributed by atoms with van der Waals surface area (Å²) in [6.07, 6.45) is 0.233. The van der Waals surface area contributed by atoms with Crippen LogP contribution in [-0.4, -0.2) is 72.8 Å². The van der Waals surface area contributed by atoms with Crippen LogP contribution in [0.5, 0.6) is 0 Å². The number of rotatable bonds is 3. The van der Waals surface area contributed by atoms with Crippen LogP contribution in [0.1, 0.15) is 6.42 Å². The molecule has 0 aliphatic carbocycles. The van der Waals surface area contributed by atoms with Crippen molar-refractivity contribution in [1.82, 2.24) is 29.4 Å². The zero-order valence-corrected chi connectivity index (χ0v) is 14.3. The molecule has 0 spiro atoms. The summed E-state index contributed by atoms with van der Waals surface area (Å²) in [4.78, 5) is 26.0. The number of carbonyl (C=O) groups excluding carboxylic acids is 2. The molecule has 114 valence electrons. The molecule has 2 amide bonds. The number of carbonyl (C=O) groups is 2. The second-order valence-electron chi connectivity index (χ2n) is 4.66. The molecule has 0 bridgehead atoms. The third-order valence-corrected chi connectivity index (χ3v) is 4.38. The molecule has 0 radical (unpaired) electrons. The number of nitrogen functional groups attached to an aromatic ring is 1. The molecular formula is C8H10N7NaO5S. The van der Waals surface area contributed by atoms with Crippen LogP contribution in [0.4, 0.5) is 5.95 Å². The Balaban J connectivity index is 0.00000176. The van der Waals surface area contributed by atoms with E-state index in [1.54, 1.807) is 0 Å². The van der Waals surface area contributed by atoms with Crippen LogP contribution >= 0.6 is 0 Å². The summed E-state index contributed by atoms with van der Waals surface area (Å²) in [6.45, 7) is -0.0963. The number of aromatic nitrogens is 4. The van der Waals surface area contributed by atoms with Gasteiger partial charge in [0.05, 0.1) is 6.04 Å². The van der Waals surface area contributed by atoms with Crippen molar-refractivity contribution in [2.45, 2.75) is 25.0 Å². The van der Waals surface area contributed by atoms with Gasteiger partial charge >= 0.3 is 29.6 Å². The maximum Gasteiger partial charge on any atom is 1.00 e. The van der Waals surface area contributed by atoms with Gasteiger partial charge < -0.3 is 15.2 Å². The van der Waals surface area contributed by atoms with Crippen LogP contribution < -0.4 is 35.3 Å². The van der Waals surface area contributed by atoms with Crippen LogP contribution in [0.2, 0.25) is 0 Å². The van der Waals surface area contributed by atoms with Gasteiger partial charge in [-0.3, -0.25) is 9.59 Å². The molecule has 0 aromatic carbocycles. The van der Waals surface area contributed by atoms with Crippen molar-refractivity contribution < 1.29 is 52.1 Å². The van der Waals surface area contributed by atoms with E-state index < -0.39 is 34.2 Å². The van der Waals surface area contributed by atoms with E-state index in [0.717, 1.165) is 4.80 Å². The molecule has 3 heterocycles. The van der Waals surface area contributed by atoms with Gasteiger partial charge in [0.15, 0.2) is 10.3 Å². The quantitative estimate of drug-likeness (QED) is 0.320. The fraction of sp³-hybridized carbons (Fsp3) is 0.625. The molecule has 3 rings (SSSR count). The van der Waals surface area contributed by atoms with Crippen molar-refractivity contribution in [1.29, 1.82) is 0 Å². The molecule has 14 heteroatoms. The fourth-order valence-electron chi connectivity index (χ4n) is 2.62. The van der Waals surface area contributed by atoms with Gasteiger partial charge in [0, 0.05) is 6.54 Å². The Kier molecular flexibility index (Phi) is 4.45. The number of anilines is 1. The summed E-state index contributed by atoms with van der Waals surface area (Å²) in [5.74, 6) is -1.45. The topological polar surface area (TPSA) is 167 Å². The summed E-state index contributed by atoms with van der Waals surface area (Å²) >= 11 is 0. The Labute approximate surface area is 146 Å². The average Bonchev–Trinajstić information content (AvgIpc) is 2.91. The van der Waals surface area contributed by atoms with Crippen LogP contribution in [0.25, 0.3) is 0 Å². The van der Waals surface area contributed by atoms with E-state index in [1.807, 2.05) is 0 Å². The van der Waals surface area contributed by atoms with E-state index in [0.29, 0.717) is 0 Å². The number of fused-ring (bicyclic) bond motifs is 1. The molecule has 2 aliphatic heterocycles. The van der Waals surface area contributed by atoms with Gasteiger partial charge in [0.2, 0.25) is 5.91 Å². The van der Waals surface area contributed by atoms with Gasteiger partial charge in [-0.2, -0.15) is 4.80 Å². The van der Waals surface area contributed by atoms with E-state index in [4.69, 9.17) is 5.73 Å². The summed E-state index contributed by atoms with van der Waals surface area (Å²) < 4.78 is 33.1. The number of nitrogens with two attached hydrogens (primary N) is 1. The number of hydrogen-bond donors (Lipinski definition) is 1. The second kappa shape index (κ2) is 5.73. The second-order valence-corrected chi connectivity index (χ2v) is 5.91. The number of nitrogens with zero attached hydrogens (tertiary/aromatic N) is 6. The van der Waals surface area contributed by atoms with Crippen molar-refractivity contribution in [3.05, 3.63) is 0 Å². The van der Waals surface area contributed by atoms with E-state index in [-0.39, 0.29) is 59.3 Å². The molecule has 22 heavy (non-hydrogen) atoms. The molecule has 2 saturated heterocycles. The molecular weight excluding hydrogens is 329 g/mol. The van der Waals surface area contributed by atoms with Crippen molar-refractivity contribution in [2.75, 3.05) is 12.3 Å². The molecule has 0 unspecified atom stereocenters. The van der Waals surface area contributed by atoms with Crippen LogP contribution in [0, 0.1) is 0 Å². The first-order chi connectivity index (χ1) is 9.79. The van der Waals surface area contributed by atoms with E-state index in [1.165, 1.54) is 4.90 Å². The van der Waals surface area contributed by atoms with Crippen molar-refractivity contribution in [3.8, 4) is 0 Å². The number of tetrazole rings is 1. The third kappa shape index (κ3) is 2.69. The predicted octanol–water partition coefficient (Wildman–Crippen LogP) is -6.47. The van der Waals surface area contributed by atoms with Gasteiger partial charge in [-0.1, -0.05) is 5.10 Å². The molecule has 12 nitrogen and oxygen atoms in total. The fourth-order valence-corrected chi connectivity index (χ4v) is 3.50. The standard InChI is InChI=1S/C8H11N7O5S.Na/c9-8-10-12-14(11-8)3-5(16)13-2-1-4-6(13)7(17)15(4)21(18,19)20;/h4,6H,1-3H2,(H2,9,11)(H,18,19,20);/q;+1/p-1/t4-,6+;/m1./s1. The molecule has 2 N–H and O–H groups in total. The smallest absolute Gasteiger partial charge is 0.731 e. The molecule has 2 atom stereocenters. The molecule has 1 aromatic rings. The zero-order chi connectivity index (χ0) is 15.4. The first-order valence-electron chi connectivity index (χ1n) is 5.91. The monoisotopic (exact) mass is 339 g/mol. The first kappa shape index (κ1) is 17.1. The van der Waals surface area contributed by atoms with E-state index >= 15 is 0 Å². The maximum absolute atomic E-state index is 12.1. The summed E-state index contributed by atoms with van der Waals surface area (Å²) in [6, 6.07) is -1.69. The SMILES string of the molecule is Nc1nnn(CC(=O)N2CC[C@@H]3[C@H]2C(=O)N3S(=O)(=O)[O-])n1.[Na+]. The minimum absolute atomic E-state index is 0. The summed E-state index contributed by atoms with van der Waals surface area (Å²) in [5.41, 5.74) is 5.26. The number of amides is 2. The summed E-state index contributed by atoms with van der Waals surface area (Å²) in [5, 5.41) is 10.6. The van der Waals surface area contributed by atoms with Crippen LogP contribution in [0.3, 0.4) is 0 Å². The zero-order valence-electron chi connectivity index (χ0n) is 11.5. The maximum atomic E-state index is 12.1. The predicted molar refractivity (Wildman–Crippen MR) is 62.7 cm³/mol. The number of β-lactam (4-membered cyclic amide) rings is 1. The Hall–Kier alpha value is -1.28. The number of hydrogen-bond acceptors (Lipinski definition) is 9. The first-order valence-corrected chi connectivity index (χ1v) is 7.27. The van der Waals surface area contributed by atoms with Gasteiger partial charge in [-0.25, -0.2) is 12.7 Å². The van der Waals surface area contributed by atoms with Crippen molar-refractivity contribution >= 4 is 28.1 Å². The minimum Gasteiger partial charge on any atom is -0.731 e. The minimum atomic E-state index is -4.83. The van der Waals surface area contributed by atoms with Gasteiger partial charge in [0.25, 0.3) is 11.9 Å². The normalized spacial score (nSPS) is 23.8. The van der Waals surface area contributed by atoms with Crippen molar-refractivity contribution in [3.63, 3.8) is 0 Å². The summed E-state index contributed by atoms with van der Waals surface area (Å²) in [7, 11) is -4.83. The largest absolute Gasteiger partial charge is 1.00 e. The Bertz CT molecular complexity index is 720. The Morgan fingerprint density at radius 2 is 2.14 bits per heavy atom. The van der Waals surface area contributed by atoms with Gasteiger partial charge in [0.1, 0.15) is 12.6 Å². The third-order valence-electron chi connectivity index (χ3n) is 3.44. The molecule has 2 aliphatic rings. The molecule has 0 saturated carbocycles. The Morgan fingerprint density at radius 3 is 2.68 bits per heavy atom. The van der Waals surface area contributed by atoms with E-state index in [2.05, 4.69) is 15.4 Å². The number of likely N-dealkylation sites (tertiary alicyclic amines) is 1. The average molecular weight is 339 g/mol. The van der Waals surface area contributed by atoms with Crippen LogP contribution in [0.15, 0.2) is 0 Å².